The van der Waals surface area contributed by atoms with Crippen LogP contribution in [0.1, 0.15) is 37.6 Å². The van der Waals surface area contributed by atoms with Crippen molar-refractivity contribution in [1.82, 2.24) is 14.2 Å². The maximum Gasteiger partial charge on any atom is 0.308 e. The average Bonchev–Trinajstić information content (AvgIpc) is 3.38. The molecule has 1 aliphatic rings. The summed E-state index contributed by atoms with van der Waals surface area (Å²) in [7, 11) is -3.68. The van der Waals surface area contributed by atoms with Gasteiger partial charge in [0, 0.05) is 29.9 Å². The SMILES string of the molecule is CC(C)n1c(=O)sc2cc(S(=O)(=O)N3CCC(C(=O)NCc4cccs4)CC3)ccc21. The van der Waals surface area contributed by atoms with E-state index < -0.39 is 10.0 Å². The van der Waals surface area contributed by atoms with Gasteiger partial charge in [0.25, 0.3) is 0 Å². The molecule has 1 fully saturated rings. The number of rotatable bonds is 6. The van der Waals surface area contributed by atoms with Crippen LogP contribution in [0.2, 0.25) is 0 Å². The molecule has 0 atom stereocenters. The quantitative estimate of drug-likeness (QED) is 0.587. The van der Waals surface area contributed by atoms with Crippen molar-refractivity contribution in [3.8, 4) is 0 Å². The molecule has 2 aromatic heterocycles. The molecule has 31 heavy (non-hydrogen) atoms. The molecule has 4 rings (SSSR count). The molecule has 0 bridgehead atoms. The number of fused-ring (bicyclic) bond motifs is 1. The normalized spacial score (nSPS) is 16.2. The average molecular weight is 480 g/mol. The predicted molar refractivity (Wildman–Crippen MR) is 124 cm³/mol. The summed E-state index contributed by atoms with van der Waals surface area (Å²) in [5, 5.41) is 4.92. The van der Waals surface area contributed by atoms with Crippen LogP contribution in [-0.4, -0.2) is 36.3 Å². The molecule has 1 aliphatic heterocycles. The Hall–Kier alpha value is -2.01. The highest BCUT2D eigenvalue weighted by Crippen LogP contribution is 2.28. The van der Waals surface area contributed by atoms with Crippen LogP contribution in [-0.2, 0) is 21.4 Å². The summed E-state index contributed by atoms with van der Waals surface area (Å²) in [5.41, 5.74) is 0.755. The van der Waals surface area contributed by atoms with Gasteiger partial charge in [-0.05, 0) is 56.3 Å². The van der Waals surface area contributed by atoms with E-state index in [9.17, 15) is 18.0 Å². The van der Waals surface area contributed by atoms with Crippen LogP contribution < -0.4 is 10.2 Å². The lowest BCUT2D eigenvalue weighted by Gasteiger charge is -2.30. The van der Waals surface area contributed by atoms with E-state index in [1.807, 2.05) is 31.4 Å². The van der Waals surface area contributed by atoms with E-state index in [0.29, 0.717) is 37.2 Å². The number of amides is 1. The Balaban J connectivity index is 1.44. The molecule has 0 radical (unpaired) electrons. The highest BCUT2D eigenvalue weighted by Gasteiger charge is 2.32. The molecule has 0 spiro atoms. The third-order valence-electron chi connectivity index (χ3n) is 5.58. The molecule has 0 unspecified atom stereocenters. The van der Waals surface area contributed by atoms with Gasteiger partial charge in [-0.15, -0.1) is 11.3 Å². The van der Waals surface area contributed by atoms with E-state index in [1.54, 1.807) is 34.1 Å². The zero-order valence-electron chi connectivity index (χ0n) is 17.4. The second-order valence-corrected chi connectivity index (χ2v) is 11.9. The minimum Gasteiger partial charge on any atom is -0.351 e. The molecule has 1 saturated heterocycles. The molecule has 7 nitrogen and oxygen atoms in total. The predicted octanol–water partition coefficient (Wildman–Crippen LogP) is 3.42. The molecule has 0 aliphatic carbocycles. The first-order valence-corrected chi connectivity index (χ1v) is 13.4. The van der Waals surface area contributed by atoms with Crippen molar-refractivity contribution in [1.29, 1.82) is 0 Å². The Morgan fingerprint density at radius 1 is 1.23 bits per heavy atom. The largest absolute Gasteiger partial charge is 0.351 e. The summed E-state index contributed by atoms with van der Waals surface area (Å²) in [6.07, 6.45) is 0.990. The number of hydrogen-bond acceptors (Lipinski definition) is 6. The van der Waals surface area contributed by atoms with E-state index in [1.165, 1.54) is 4.31 Å². The summed E-state index contributed by atoms with van der Waals surface area (Å²) in [6.45, 7) is 4.98. The number of nitrogens with one attached hydrogen (secondary N) is 1. The number of benzene rings is 1. The van der Waals surface area contributed by atoms with Gasteiger partial charge in [-0.2, -0.15) is 4.31 Å². The molecule has 1 amide bonds. The Kier molecular flexibility index (Phi) is 6.34. The van der Waals surface area contributed by atoms with E-state index in [4.69, 9.17) is 0 Å². The summed E-state index contributed by atoms with van der Waals surface area (Å²) in [4.78, 5) is 25.9. The number of sulfonamides is 1. The van der Waals surface area contributed by atoms with Gasteiger partial charge in [0.1, 0.15) is 0 Å². The molecule has 3 heterocycles. The lowest BCUT2D eigenvalue weighted by molar-refractivity contribution is -0.126. The van der Waals surface area contributed by atoms with Crippen molar-refractivity contribution in [2.24, 2.45) is 5.92 Å². The van der Waals surface area contributed by atoms with Crippen molar-refractivity contribution in [3.63, 3.8) is 0 Å². The standard InChI is InChI=1S/C21H25N3O4S3/c1-14(2)24-18-6-5-17(12-19(18)30-21(24)26)31(27,28)23-9-7-15(8-10-23)20(25)22-13-16-4-3-11-29-16/h3-6,11-12,14-15H,7-10,13H2,1-2H3,(H,22,25). The second-order valence-electron chi connectivity index (χ2n) is 7.94. The zero-order chi connectivity index (χ0) is 22.2. The summed E-state index contributed by atoms with van der Waals surface area (Å²) >= 11 is 2.66. The van der Waals surface area contributed by atoms with Crippen molar-refractivity contribution >= 4 is 48.8 Å². The zero-order valence-corrected chi connectivity index (χ0v) is 19.9. The van der Waals surface area contributed by atoms with E-state index in [0.717, 1.165) is 21.7 Å². The Bertz CT molecular complexity index is 1230. The van der Waals surface area contributed by atoms with Crippen LogP contribution in [0.5, 0.6) is 0 Å². The Labute approximate surface area is 189 Å². The molecule has 0 saturated carbocycles. The van der Waals surface area contributed by atoms with Crippen LogP contribution in [0.15, 0.2) is 45.4 Å². The van der Waals surface area contributed by atoms with Crippen molar-refractivity contribution < 1.29 is 13.2 Å². The highest BCUT2D eigenvalue weighted by molar-refractivity contribution is 7.89. The number of carbonyl (C=O) groups is 1. The third-order valence-corrected chi connectivity index (χ3v) is 9.27. The molecular weight excluding hydrogens is 454 g/mol. The number of carbonyl (C=O) groups excluding carboxylic acids is 1. The number of piperidine rings is 1. The van der Waals surface area contributed by atoms with Gasteiger partial charge in [0.2, 0.25) is 15.9 Å². The van der Waals surface area contributed by atoms with Crippen LogP contribution in [0.4, 0.5) is 0 Å². The van der Waals surface area contributed by atoms with Crippen LogP contribution in [0.25, 0.3) is 10.2 Å². The maximum atomic E-state index is 13.2. The third kappa shape index (κ3) is 4.48. The van der Waals surface area contributed by atoms with E-state index in [2.05, 4.69) is 5.32 Å². The van der Waals surface area contributed by atoms with Gasteiger partial charge in [0.15, 0.2) is 0 Å². The van der Waals surface area contributed by atoms with Gasteiger partial charge in [-0.3, -0.25) is 14.2 Å². The van der Waals surface area contributed by atoms with Gasteiger partial charge in [-0.1, -0.05) is 17.4 Å². The van der Waals surface area contributed by atoms with Gasteiger partial charge in [0.05, 0.1) is 21.7 Å². The minimum absolute atomic E-state index is 0.00805. The summed E-state index contributed by atoms with van der Waals surface area (Å²) < 4.78 is 30.1. The van der Waals surface area contributed by atoms with Crippen LogP contribution >= 0.6 is 22.7 Å². The number of aromatic nitrogens is 1. The van der Waals surface area contributed by atoms with Crippen LogP contribution in [0, 0.1) is 5.92 Å². The number of hydrogen-bond donors (Lipinski definition) is 1. The topological polar surface area (TPSA) is 88.5 Å². The molecule has 1 aromatic carbocycles. The first-order chi connectivity index (χ1) is 14.8. The summed E-state index contributed by atoms with van der Waals surface area (Å²) in [5.74, 6) is -0.203. The second kappa shape index (κ2) is 8.85. The number of nitrogens with zero attached hydrogens (tertiary/aromatic N) is 2. The smallest absolute Gasteiger partial charge is 0.308 e. The Morgan fingerprint density at radius 2 is 1.97 bits per heavy atom. The van der Waals surface area contributed by atoms with Gasteiger partial charge in [-0.25, -0.2) is 8.42 Å². The lowest BCUT2D eigenvalue weighted by Crippen LogP contribution is -2.42. The fourth-order valence-electron chi connectivity index (χ4n) is 3.91. The minimum atomic E-state index is -3.68. The Morgan fingerprint density at radius 3 is 2.61 bits per heavy atom. The van der Waals surface area contributed by atoms with E-state index in [-0.39, 0.29) is 27.6 Å². The van der Waals surface area contributed by atoms with Gasteiger partial charge < -0.3 is 5.32 Å². The molecular formula is C21H25N3O4S3. The van der Waals surface area contributed by atoms with Crippen LogP contribution in [0.3, 0.4) is 0 Å². The maximum absolute atomic E-state index is 13.2. The highest BCUT2D eigenvalue weighted by atomic mass is 32.2. The molecule has 166 valence electrons. The molecule has 10 heteroatoms. The van der Waals surface area contributed by atoms with E-state index >= 15 is 0 Å². The molecule has 3 aromatic rings. The monoisotopic (exact) mass is 479 g/mol. The van der Waals surface area contributed by atoms with Crippen molar-refractivity contribution in [2.75, 3.05) is 13.1 Å². The summed E-state index contributed by atoms with van der Waals surface area (Å²) in [6, 6.07) is 8.81. The first-order valence-electron chi connectivity index (χ1n) is 10.2. The van der Waals surface area contributed by atoms with Gasteiger partial charge >= 0.3 is 4.87 Å². The number of thiazole rings is 1. The van der Waals surface area contributed by atoms with Crippen molar-refractivity contribution in [3.05, 3.63) is 50.3 Å². The first kappa shape index (κ1) is 22.2. The fourth-order valence-corrected chi connectivity index (χ4v) is 7.17. The number of thiophene rings is 1. The lowest BCUT2D eigenvalue weighted by atomic mass is 9.97. The fraction of sp³-hybridized carbons (Fsp3) is 0.429. The van der Waals surface area contributed by atoms with Crippen molar-refractivity contribution in [2.45, 2.75) is 44.2 Å². The molecule has 1 N–H and O–H groups in total.